The first kappa shape index (κ1) is 13.0. The summed E-state index contributed by atoms with van der Waals surface area (Å²) in [5.41, 5.74) is 3.16. The molecule has 0 amide bonds. The van der Waals surface area contributed by atoms with Crippen LogP contribution in [0, 0.1) is 6.92 Å². The predicted octanol–water partition coefficient (Wildman–Crippen LogP) is 3.12. The van der Waals surface area contributed by atoms with Crippen molar-refractivity contribution >= 4 is 0 Å². The number of benzene rings is 2. The summed E-state index contributed by atoms with van der Waals surface area (Å²) >= 11 is 0. The summed E-state index contributed by atoms with van der Waals surface area (Å²) in [6.45, 7) is 3.91. The minimum Gasteiger partial charge on any atom is -0.322 e. The van der Waals surface area contributed by atoms with Gasteiger partial charge in [0.15, 0.2) is 0 Å². The number of hydrogen-bond acceptors (Lipinski definition) is 3. The van der Waals surface area contributed by atoms with E-state index in [0.717, 1.165) is 5.56 Å². The molecular formula is C18H18O3. The Labute approximate surface area is 124 Å². The summed E-state index contributed by atoms with van der Waals surface area (Å²) < 4.78 is 18.0. The van der Waals surface area contributed by atoms with Crippen LogP contribution in [-0.4, -0.2) is 19.8 Å². The Balaban J connectivity index is 1.63. The maximum Gasteiger partial charge on any atom is 0.312 e. The Kier molecular flexibility index (Phi) is 2.89. The van der Waals surface area contributed by atoms with Crippen LogP contribution in [0.5, 0.6) is 0 Å². The van der Waals surface area contributed by atoms with Crippen LogP contribution in [0.1, 0.15) is 16.7 Å². The molecule has 3 fully saturated rings. The SMILES string of the molecule is Cc1ccc(C23OCC(c4ccccc4)(CO2)CO3)cc1. The second-order valence-electron chi connectivity index (χ2n) is 5.93. The fourth-order valence-corrected chi connectivity index (χ4v) is 3.00. The van der Waals surface area contributed by atoms with Gasteiger partial charge in [0.25, 0.3) is 0 Å². The van der Waals surface area contributed by atoms with Crippen LogP contribution in [0.3, 0.4) is 0 Å². The van der Waals surface area contributed by atoms with Crippen molar-refractivity contribution < 1.29 is 14.2 Å². The average Bonchev–Trinajstić information content (AvgIpc) is 2.58. The number of rotatable bonds is 2. The molecule has 3 aliphatic rings. The minimum atomic E-state index is -1.02. The van der Waals surface area contributed by atoms with Crippen molar-refractivity contribution in [1.82, 2.24) is 0 Å². The van der Waals surface area contributed by atoms with E-state index in [-0.39, 0.29) is 5.41 Å². The quantitative estimate of drug-likeness (QED) is 0.847. The van der Waals surface area contributed by atoms with Gasteiger partial charge in [-0.05, 0) is 12.5 Å². The lowest BCUT2D eigenvalue weighted by Gasteiger charge is -2.52. The molecule has 0 N–H and O–H groups in total. The average molecular weight is 282 g/mol. The molecule has 3 saturated heterocycles. The van der Waals surface area contributed by atoms with Gasteiger partial charge in [-0.15, -0.1) is 0 Å². The smallest absolute Gasteiger partial charge is 0.312 e. The first-order valence-electron chi connectivity index (χ1n) is 7.27. The molecule has 0 radical (unpaired) electrons. The summed E-state index contributed by atoms with van der Waals surface area (Å²) in [5.74, 6) is -1.02. The van der Waals surface area contributed by atoms with Crippen molar-refractivity contribution in [2.24, 2.45) is 0 Å². The first-order chi connectivity index (χ1) is 10.2. The van der Waals surface area contributed by atoms with Crippen LogP contribution < -0.4 is 0 Å². The van der Waals surface area contributed by atoms with Crippen LogP contribution >= 0.6 is 0 Å². The van der Waals surface area contributed by atoms with E-state index in [1.165, 1.54) is 11.1 Å². The van der Waals surface area contributed by atoms with Crippen molar-refractivity contribution in [3.63, 3.8) is 0 Å². The van der Waals surface area contributed by atoms with Gasteiger partial charge in [-0.3, -0.25) is 0 Å². The Morgan fingerprint density at radius 1 is 0.714 bits per heavy atom. The highest BCUT2D eigenvalue weighted by atomic mass is 16.9. The lowest BCUT2D eigenvalue weighted by molar-refractivity contribution is -0.466. The molecule has 3 heterocycles. The van der Waals surface area contributed by atoms with E-state index >= 15 is 0 Å². The Hall–Kier alpha value is -1.68. The molecule has 5 rings (SSSR count). The highest BCUT2D eigenvalue weighted by Crippen LogP contribution is 2.45. The largest absolute Gasteiger partial charge is 0.322 e. The van der Waals surface area contributed by atoms with Gasteiger partial charge in [-0.25, -0.2) is 0 Å². The number of hydrogen-bond donors (Lipinski definition) is 0. The zero-order chi connectivity index (χ0) is 14.3. The molecule has 2 aromatic rings. The summed E-state index contributed by atoms with van der Waals surface area (Å²) in [5, 5.41) is 0. The maximum atomic E-state index is 6.00. The summed E-state index contributed by atoms with van der Waals surface area (Å²) in [6, 6.07) is 18.4. The van der Waals surface area contributed by atoms with Crippen molar-refractivity contribution in [2.75, 3.05) is 19.8 Å². The third-order valence-corrected chi connectivity index (χ3v) is 4.41. The van der Waals surface area contributed by atoms with Crippen molar-refractivity contribution in [3.8, 4) is 0 Å². The van der Waals surface area contributed by atoms with Crippen LogP contribution in [0.25, 0.3) is 0 Å². The second-order valence-corrected chi connectivity index (χ2v) is 5.93. The lowest BCUT2D eigenvalue weighted by Crippen LogP contribution is -2.60. The molecule has 2 bridgehead atoms. The molecule has 3 nitrogen and oxygen atoms in total. The first-order valence-corrected chi connectivity index (χ1v) is 7.27. The predicted molar refractivity (Wildman–Crippen MR) is 78.8 cm³/mol. The monoisotopic (exact) mass is 282 g/mol. The molecular weight excluding hydrogens is 264 g/mol. The van der Waals surface area contributed by atoms with Crippen molar-refractivity contribution in [3.05, 3.63) is 71.3 Å². The standard InChI is InChI=1S/C18H18O3/c1-14-7-9-16(10-8-14)18-19-11-17(12-20-18,13-21-18)15-5-3-2-4-6-15/h2-10H,11-13H2,1H3. The van der Waals surface area contributed by atoms with Gasteiger partial charge in [-0.2, -0.15) is 0 Å². The van der Waals surface area contributed by atoms with Crippen molar-refractivity contribution in [1.29, 1.82) is 0 Å². The van der Waals surface area contributed by atoms with Crippen LogP contribution in [-0.2, 0) is 25.6 Å². The Morgan fingerprint density at radius 3 is 1.86 bits per heavy atom. The van der Waals surface area contributed by atoms with E-state index in [0.29, 0.717) is 19.8 Å². The normalized spacial score (nSPS) is 31.3. The molecule has 0 spiro atoms. The van der Waals surface area contributed by atoms with E-state index in [2.05, 4.69) is 19.1 Å². The number of fused-ring (bicyclic) bond motifs is 3. The fraction of sp³-hybridized carbons (Fsp3) is 0.333. The van der Waals surface area contributed by atoms with E-state index in [1.54, 1.807) is 0 Å². The molecule has 0 atom stereocenters. The van der Waals surface area contributed by atoms with E-state index in [9.17, 15) is 0 Å². The van der Waals surface area contributed by atoms with Gasteiger partial charge in [0, 0.05) is 5.56 Å². The lowest BCUT2D eigenvalue weighted by atomic mass is 9.81. The third-order valence-electron chi connectivity index (χ3n) is 4.41. The highest BCUT2D eigenvalue weighted by molar-refractivity contribution is 5.30. The summed E-state index contributed by atoms with van der Waals surface area (Å²) in [7, 11) is 0. The Bertz CT molecular complexity index is 609. The van der Waals surface area contributed by atoms with Crippen LogP contribution in [0.15, 0.2) is 54.6 Å². The minimum absolute atomic E-state index is 0.187. The fourth-order valence-electron chi connectivity index (χ4n) is 3.00. The van der Waals surface area contributed by atoms with Gasteiger partial charge in [0.05, 0.1) is 25.2 Å². The molecule has 3 heteroatoms. The van der Waals surface area contributed by atoms with E-state index in [1.807, 2.05) is 42.5 Å². The van der Waals surface area contributed by atoms with E-state index in [4.69, 9.17) is 14.2 Å². The molecule has 108 valence electrons. The van der Waals surface area contributed by atoms with Gasteiger partial charge >= 0.3 is 5.97 Å². The van der Waals surface area contributed by atoms with Crippen LogP contribution in [0.2, 0.25) is 0 Å². The summed E-state index contributed by atoms with van der Waals surface area (Å²) in [4.78, 5) is 0. The summed E-state index contributed by atoms with van der Waals surface area (Å²) in [6.07, 6.45) is 0. The molecule has 21 heavy (non-hydrogen) atoms. The highest BCUT2D eigenvalue weighted by Gasteiger charge is 2.54. The van der Waals surface area contributed by atoms with Crippen molar-refractivity contribution in [2.45, 2.75) is 18.3 Å². The number of aryl methyl sites for hydroxylation is 1. The maximum absolute atomic E-state index is 6.00. The molecule has 3 aliphatic heterocycles. The molecule has 2 aromatic carbocycles. The van der Waals surface area contributed by atoms with Crippen LogP contribution in [0.4, 0.5) is 0 Å². The molecule has 0 aliphatic carbocycles. The Morgan fingerprint density at radius 2 is 1.29 bits per heavy atom. The van der Waals surface area contributed by atoms with Gasteiger partial charge in [0.1, 0.15) is 0 Å². The van der Waals surface area contributed by atoms with E-state index < -0.39 is 5.97 Å². The topological polar surface area (TPSA) is 27.7 Å². The molecule has 0 aromatic heterocycles. The van der Waals surface area contributed by atoms with Gasteiger partial charge in [-0.1, -0.05) is 60.2 Å². The van der Waals surface area contributed by atoms with Gasteiger partial charge in [0.2, 0.25) is 0 Å². The van der Waals surface area contributed by atoms with Gasteiger partial charge < -0.3 is 14.2 Å². The third kappa shape index (κ3) is 2.01. The molecule has 0 unspecified atom stereocenters. The molecule has 0 saturated carbocycles. The zero-order valence-electron chi connectivity index (χ0n) is 12.0. The zero-order valence-corrected chi connectivity index (χ0v) is 12.0. The second kappa shape index (κ2) is 4.67. The number of ether oxygens (including phenoxy) is 3.